The van der Waals surface area contributed by atoms with E-state index in [0.717, 1.165) is 0 Å². The van der Waals surface area contributed by atoms with Gasteiger partial charge in [0, 0.05) is 0 Å². The standard InChI is InChI=1S/C20H22/c1-15-3-7-17(8-4-15)19-11-13-20(14-12-19)18-9-5-16(2)6-10-18/h3-11,20H,12-14H2,1-2H3. The molecule has 0 aromatic heterocycles. The second kappa shape index (κ2) is 5.66. The predicted molar refractivity (Wildman–Crippen MR) is 86.9 cm³/mol. The quantitative estimate of drug-likeness (QED) is 0.655. The summed E-state index contributed by atoms with van der Waals surface area (Å²) in [4.78, 5) is 0. The summed E-state index contributed by atoms with van der Waals surface area (Å²) < 4.78 is 0. The van der Waals surface area contributed by atoms with Crippen molar-refractivity contribution in [3.8, 4) is 0 Å². The molecule has 102 valence electrons. The third-order valence-electron chi connectivity index (χ3n) is 4.38. The van der Waals surface area contributed by atoms with Crippen molar-refractivity contribution < 1.29 is 0 Å². The van der Waals surface area contributed by atoms with Gasteiger partial charge in [0.15, 0.2) is 0 Å². The molecule has 1 aliphatic carbocycles. The van der Waals surface area contributed by atoms with Crippen molar-refractivity contribution in [3.63, 3.8) is 0 Å². The van der Waals surface area contributed by atoms with Crippen LogP contribution < -0.4 is 0 Å². The van der Waals surface area contributed by atoms with Crippen LogP contribution in [0.25, 0.3) is 5.57 Å². The first-order valence-electron chi connectivity index (χ1n) is 7.55. The van der Waals surface area contributed by atoms with Crippen LogP contribution in [0, 0.1) is 13.8 Å². The molecule has 20 heavy (non-hydrogen) atoms. The molecule has 0 radical (unpaired) electrons. The lowest BCUT2D eigenvalue weighted by molar-refractivity contribution is 0.625. The molecular weight excluding hydrogens is 240 g/mol. The molecular formula is C20H22. The van der Waals surface area contributed by atoms with Crippen molar-refractivity contribution in [1.82, 2.24) is 0 Å². The van der Waals surface area contributed by atoms with Gasteiger partial charge < -0.3 is 0 Å². The van der Waals surface area contributed by atoms with Crippen LogP contribution in [0.2, 0.25) is 0 Å². The van der Waals surface area contributed by atoms with E-state index in [4.69, 9.17) is 0 Å². The molecule has 1 unspecified atom stereocenters. The molecule has 0 nitrogen and oxygen atoms in total. The van der Waals surface area contributed by atoms with Gasteiger partial charge in [-0.15, -0.1) is 0 Å². The van der Waals surface area contributed by atoms with Gasteiger partial charge in [-0.2, -0.15) is 0 Å². The van der Waals surface area contributed by atoms with Gasteiger partial charge in [0.05, 0.1) is 0 Å². The third-order valence-corrected chi connectivity index (χ3v) is 4.38. The Balaban J connectivity index is 1.74. The highest BCUT2D eigenvalue weighted by molar-refractivity contribution is 5.66. The van der Waals surface area contributed by atoms with Gasteiger partial charge in [0.2, 0.25) is 0 Å². The lowest BCUT2D eigenvalue weighted by Gasteiger charge is -2.22. The number of rotatable bonds is 2. The van der Waals surface area contributed by atoms with Crippen molar-refractivity contribution in [1.29, 1.82) is 0 Å². The summed E-state index contributed by atoms with van der Waals surface area (Å²) >= 11 is 0. The molecule has 2 aromatic carbocycles. The summed E-state index contributed by atoms with van der Waals surface area (Å²) in [6.07, 6.45) is 6.08. The third kappa shape index (κ3) is 2.85. The van der Waals surface area contributed by atoms with Gasteiger partial charge in [0.25, 0.3) is 0 Å². The van der Waals surface area contributed by atoms with Crippen molar-refractivity contribution >= 4 is 5.57 Å². The first kappa shape index (κ1) is 13.2. The van der Waals surface area contributed by atoms with Gasteiger partial charge in [-0.1, -0.05) is 65.7 Å². The van der Waals surface area contributed by atoms with Crippen LogP contribution in [0.3, 0.4) is 0 Å². The smallest absolute Gasteiger partial charge is 0.0124 e. The minimum Gasteiger partial charge on any atom is -0.0801 e. The second-order valence-electron chi connectivity index (χ2n) is 5.98. The van der Waals surface area contributed by atoms with E-state index in [0.29, 0.717) is 5.92 Å². The average Bonchev–Trinajstić information content (AvgIpc) is 2.49. The fourth-order valence-electron chi connectivity index (χ4n) is 3.01. The number of benzene rings is 2. The number of allylic oxidation sites excluding steroid dienone is 2. The first-order valence-corrected chi connectivity index (χ1v) is 7.55. The van der Waals surface area contributed by atoms with Crippen molar-refractivity contribution in [2.24, 2.45) is 0 Å². The summed E-state index contributed by atoms with van der Waals surface area (Å²) in [5, 5.41) is 0. The minimum absolute atomic E-state index is 0.699. The molecule has 3 rings (SSSR count). The molecule has 0 bridgehead atoms. The summed E-state index contributed by atoms with van der Waals surface area (Å²) in [6, 6.07) is 18.0. The minimum atomic E-state index is 0.699. The molecule has 1 aliphatic rings. The molecule has 0 fully saturated rings. The van der Waals surface area contributed by atoms with Crippen molar-refractivity contribution in [2.75, 3.05) is 0 Å². The van der Waals surface area contributed by atoms with E-state index >= 15 is 0 Å². The predicted octanol–water partition coefficient (Wildman–Crippen LogP) is 5.65. The molecule has 0 aliphatic heterocycles. The summed E-state index contributed by atoms with van der Waals surface area (Å²) in [7, 11) is 0. The molecule has 0 heterocycles. The Kier molecular flexibility index (Phi) is 3.73. The Morgan fingerprint density at radius 3 is 1.95 bits per heavy atom. The van der Waals surface area contributed by atoms with Gasteiger partial charge >= 0.3 is 0 Å². The SMILES string of the molecule is Cc1ccc(C2=CCC(c3ccc(C)cc3)CC2)cc1. The molecule has 0 amide bonds. The molecule has 0 N–H and O–H groups in total. The van der Waals surface area contributed by atoms with E-state index in [-0.39, 0.29) is 0 Å². The first-order chi connectivity index (χ1) is 9.72. The molecule has 0 saturated carbocycles. The van der Waals surface area contributed by atoms with E-state index < -0.39 is 0 Å². The monoisotopic (exact) mass is 262 g/mol. The maximum atomic E-state index is 2.44. The second-order valence-corrected chi connectivity index (χ2v) is 5.98. The van der Waals surface area contributed by atoms with E-state index in [1.54, 1.807) is 0 Å². The van der Waals surface area contributed by atoms with Crippen LogP contribution in [0.1, 0.15) is 47.4 Å². The Bertz CT molecular complexity index is 599. The lowest BCUT2D eigenvalue weighted by atomic mass is 9.82. The zero-order valence-corrected chi connectivity index (χ0v) is 12.4. The van der Waals surface area contributed by atoms with E-state index in [1.807, 2.05) is 0 Å². The van der Waals surface area contributed by atoms with E-state index in [9.17, 15) is 0 Å². The molecule has 0 spiro atoms. The Hall–Kier alpha value is -1.82. The Labute approximate surface area is 122 Å². The summed E-state index contributed by atoms with van der Waals surface area (Å²) in [6.45, 7) is 4.30. The van der Waals surface area contributed by atoms with E-state index in [2.05, 4.69) is 68.5 Å². The largest absolute Gasteiger partial charge is 0.0801 e. The highest BCUT2D eigenvalue weighted by Gasteiger charge is 2.16. The Morgan fingerprint density at radius 1 is 0.800 bits per heavy atom. The number of hydrogen-bond acceptors (Lipinski definition) is 0. The van der Waals surface area contributed by atoms with Gasteiger partial charge in [-0.25, -0.2) is 0 Å². The zero-order valence-electron chi connectivity index (χ0n) is 12.4. The zero-order chi connectivity index (χ0) is 13.9. The Morgan fingerprint density at radius 2 is 1.40 bits per heavy atom. The van der Waals surface area contributed by atoms with Crippen molar-refractivity contribution in [3.05, 3.63) is 76.9 Å². The normalized spacial score (nSPS) is 18.7. The molecule has 0 heteroatoms. The van der Waals surface area contributed by atoms with Crippen LogP contribution in [-0.2, 0) is 0 Å². The highest BCUT2D eigenvalue weighted by atomic mass is 14.2. The highest BCUT2D eigenvalue weighted by Crippen LogP contribution is 2.35. The van der Waals surface area contributed by atoms with Gasteiger partial charge in [0.1, 0.15) is 0 Å². The fourth-order valence-corrected chi connectivity index (χ4v) is 3.01. The summed E-state index contributed by atoms with van der Waals surface area (Å²) in [5.74, 6) is 0.699. The summed E-state index contributed by atoms with van der Waals surface area (Å²) in [5.41, 5.74) is 7.10. The van der Waals surface area contributed by atoms with E-state index in [1.165, 1.54) is 47.1 Å². The molecule has 2 aromatic rings. The lowest BCUT2D eigenvalue weighted by Crippen LogP contribution is -2.04. The van der Waals surface area contributed by atoms with Gasteiger partial charge in [-0.3, -0.25) is 0 Å². The number of hydrogen-bond donors (Lipinski definition) is 0. The van der Waals surface area contributed by atoms with Crippen LogP contribution >= 0.6 is 0 Å². The van der Waals surface area contributed by atoms with Crippen molar-refractivity contribution in [2.45, 2.75) is 39.0 Å². The molecule has 1 atom stereocenters. The topological polar surface area (TPSA) is 0 Å². The fraction of sp³-hybridized carbons (Fsp3) is 0.300. The van der Waals surface area contributed by atoms with Gasteiger partial charge in [-0.05, 0) is 55.7 Å². The average molecular weight is 262 g/mol. The maximum Gasteiger partial charge on any atom is -0.0124 e. The van der Waals surface area contributed by atoms with Crippen LogP contribution in [-0.4, -0.2) is 0 Å². The van der Waals surface area contributed by atoms with Crippen LogP contribution in [0.5, 0.6) is 0 Å². The van der Waals surface area contributed by atoms with Crippen LogP contribution in [0.15, 0.2) is 54.6 Å². The maximum absolute atomic E-state index is 2.44. The number of aryl methyl sites for hydroxylation is 2. The molecule has 0 saturated heterocycles. The van der Waals surface area contributed by atoms with Crippen LogP contribution in [0.4, 0.5) is 0 Å².